The number of hydrogen-bond acceptors (Lipinski definition) is 0. The summed E-state index contributed by atoms with van der Waals surface area (Å²) in [6.07, 6.45) is 0. The highest BCUT2D eigenvalue weighted by molar-refractivity contribution is 6.42. The van der Waals surface area contributed by atoms with E-state index in [2.05, 4.69) is 84.9 Å². The summed E-state index contributed by atoms with van der Waals surface area (Å²) in [5.41, 5.74) is 13.8. The highest BCUT2D eigenvalue weighted by atomic mass is 19.2. The average Bonchev–Trinajstić information content (AvgIpc) is 3.90. The van der Waals surface area contributed by atoms with Gasteiger partial charge in [0.05, 0.1) is 0 Å². The van der Waals surface area contributed by atoms with Gasteiger partial charge in [0.15, 0.2) is 23.3 Å². The van der Waals surface area contributed by atoms with Crippen molar-refractivity contribution in [2.45, 2.75) is 0 Å². The minimum Gasteiger partial charge on any atom is -0.204 e. The molecule has 0 aliphatic heterocycles. The van der Waals surface area contributed by atoms with Gasteiger partial charge in [0, 0.05) is 22.3 Å². The van der Waals surface area contributed by atoms with Crippen LogP contribution < -0.4 is 0 Å². The van der Waals surface area contributed by atoms with E-state index in [1.165, 1.54) is 12.1 Å². The quantitative estimate of drug-likeness (QED) is 0.0939. The average molecular weight is 877 g/mol. The van der Waals surface area contributed by atoms with E-state index in [-0.39, 0.29) is 11.1 Å². The van der Waals surface area contributed by atoms with Gasteiger partial charge in [-0.05, 0) is 144 Å². The Balaban J connectivity index is 1.09. The molecule has 2 aliphatic carbocycles. The van der Waals surface area contributed by atoms with E-state index < -0.39 is 23.3 Å². The Hall–Kier alpha value is -8.60. The van der Waals surface area contributed by atoms with Gasteiger partial charge in [-0.25, -0.2) is 17.6 Å². The maximum absolute atomic E-state index is 16.3. The van der Waals surface area contributed by atoms with Crippen molar-refractivity contribution in [3.05, 3.63) is 217 Å². The largest absolute Gasteiger partial charge is 0.204 e. The summed E-state index contributed by atoms with van der Waals surface area (Å²) in [5, 5.41) is 12.3. The van der Waals surface area contributed by atoms with Crippen LogP contribution in [0.15, 0.2) is 194 Å². The van der Waals surface area contributed by atoms with Gasteiger partial charge in [-0.15, -0.1) is 0 Å². The van der Waals surface area contributed by atoms with Gasteiger partial charge in [0.25, 0.3) is 0 Å². The first-order valence-electron chi connectivity index (χ1n) is 22.9. The third-order valence-corrected chi connectivity index (χ3v) is 15.0. The van der Waals surface area contributed by atoms with E-state index in [0.717, 1.165) is 131 Å². The van der Waals surface area contributed by atoms with Crippen molar-refractivity contribution < 1.29 is 17.6 Å². The third-order valence-electron chi connectivity index (χ3n) is 15.0. The molecule has 316 valence electrons. The molecule has 15 rings (SSSR count). The Bertz CT molecular complexity index is 4090. The number of fused-ring (bicyclic) bond motifs is 10. The van der Waals surface area contributed by atoms with Crippen LogP contribution in [0.2, 0.25) is 0 Å². The van der Waals surface area contributed by atoms with Gasteiger partial charge >= 0.3 is 0 Å². The van der Waals surface area contributed by atoms with Gasteiger partial charge in [-0.2, -0.15) is 0 Å². The first-order chi connectivity index (χ1) is 33.5. The second-order valence-corrected chi connectivity index (χ2v) is 18.2. The molecule has 4 heteroatoms. The van der Waals surface area contributed by atoms with Gasteiger partial charge in [-0.1, -0.05) is 182 Å². The van der Waals surface area contributed by atoms with Crippen molar-refractivity contribution in [1.29, 1.82) is 0 Å². The van der Waals surface area contributed by atoms with E-state index in [9.17, 15) is 0 Å². The van der Waals surface area contributed by atoms with Crippen LogP contribution in [0, 0.1) is 23.3 Å². The van der Waals surface area contributed by atoms with Gasteiger partial charge in [-0.3, -0.25) is 0 Å². The molecule has 0 atom stereocenters. The normalized spacial score (nSPS) is 12.4. The number of hydrogen-bond donors (Lipinski definition) is 0. The molecule has 68 heavy (non-hydrogen) atoms. The predicted octanol–water partition coefficient (Wildman–Crippen LogP) is 18.6. The second kappa shape index (κ2) is 13.5. The SMILES string of the molecule is Fc1cccc(-c2c3c(c(-c4ccccc4)c4ccccc24)-c2ccc4c5ccc6c7c(ccc(c8ccc-3c2c48)c75)-c2c-6c(-c3ccccc3)c3ccccc3c2-c2cccc(F)c2F)c1F. The topological polar surface area (TPSA) is 0 Å². The fraction of sp³-hybridized carbons (Fsp3) is 0. The molecule has 0 amide bonds. The molecule has 0 fully saturated rings. The lowest BCUT2D eigenvalue weighted by molar-refractivity contribution is 0.511. The molecule has 0 radical (unpaired) electrons. The van der Waals surface area contributed by atoms with Gasteiger partial charge < -0.3 is 0 Å². The van der Waals surface area contributed by atoms with E-state index in [1.54, 1.807) is 24.3 Å². The molecule has 13 aromatic rings. The van der Waals surface area contributed by atoms with Crippen molar-refractivity contribution in [2.24, 2.45) is 0 Å². The molecular weight excluding hydrogens is 845 g/mol. The van der Waals surface area contributed by atoms with Crippen LogP contribution in [-0.4, -0.2) is 0 Å². The molecule has 0 saturated carbocycles. The zero-order chi connectivity index (χ0) is 45.1. The van der Waals surface area contributed by atoms with Crippen molar-refractivity contribution in [2.75, 3.05) is 0 Å². The lowest BCUT2D eigenvalue weighted by atomic mass is 9.82. The molecule has 0 N–H and O–H groups in total. The monoisotopic (exact) mass is 876 g/mol. The van der Waals surface area contributed by atoms with Gasteiger partial charge in [0.1, 0.15) is 0 Å². The zero-order valence-corrected chi connectivity index (χ0v) is 36.0. The Labute approximate surface area is 386 Å². The van der Waals surface area contributed by atoms with Gasteiger partial charge in [0.2, 0.25) is 0 Å². The van der Waals surface area contributed by atoms with Crippen LogP contribution in [0.1, 0.15) is 0 Å². The molecule has 0 saturated heterocycles. The molecule has 0 nitrogen and oxygen atoms in total. The summed E-state index contributed by atoms with van der Waals surface area (Å²) in [4.78, 5) is 0. The highest BCUT2D eigenvalue weighted by Crippen LogP contribution is 2.63. The fourth-order valence-corrected chi connectivity index (χ4v) is 12.4. The van der Waals surface area contributed by atoms with E-state index in [1.807, 2.05) is 72.8 Å². The van der Waals surface area contributed by atoms with E-state index >= 15 is 17.6 Å². The summed E-state index contributed by atoms with van der Waals surface area (Å²) in [5.74, 6) is -3.52. The molecule has 0 heterocycles. The highest BCUT2D eigenvalue weighted by Gasteiger charge is 2.36. The Morgan fingerprint density at radius 1 is 0.191 bits per heavy atom. The molecule has 0 bridgehead atoms. The first kappa shape index (κ1) is 37.6. The molecule has 0 spiro atoms. The van der Waals surface area contributed by atoms with Crippen molar-refractivity contribution in [3.63, 3.8) is 0 Å². The number of benzene rings is 13. The summed E-state index contributed by atoms with van der Waals surface area (Å²) in [6.45, 7) is 0. The smallest absolute Gasteiger partial charge is 0.166 e. The molecule has 0 aromatic heterocycles. The van der Waals surface area contributed by atoms with Crippen LogP contribution in [0.3, 0.4) is 0 Å². The fourth-order valence-electron chi connectivity index (χ4n) is 12.4. The molecule has 2 aliphatic rings. The lowest BCUT2D eigenvalue weighted by Crippen LogP contribution is -1.96. The predicted molar refractivity (Wildman–Crippen MR) is 273 cm³/mol. The summed E-state index contributed by atoms with van der Waals surface area (Å²) >= 11 is 0. The summed E-state index contributed by atoms with van der Waals surface area (Å²) in [6, 6.07) is 63.5. The second-order valence-electron chi connectivity index (χ2n) is 18.2. The van der Waals surface area contributed by atoms with Crippen LogP contribution in [0.4, 0.5) is 17.6 Å². The maximum Gasteiger partial charge on any atom is 0.166 e. The van der Waals surface area contributed by atoms with E-state index in [4.69, 9.17) is 0 Å². The standard InChI is InChI=1S/C64H32F4/c65-49-23-11-21-47(63(49)67)55-37-19-9-7-17-35(37)51(33-13-3-1-4-14-33)59-43-29-25-39-40-26-30-44-58-46(32-28-42(54(40)58)41-27-31-45(61(55)59)57(43)53(39)41)62-56(48-22-12-24-50(66)64(48)68)38-20-10-8-18-36(38)52(60(44)62)34-15-5-2-6-16-34/h1-32H. The van der Waals surface area contributed by atoms with Crippen LogP contribution in [0.25, 0.3) is 154 Å². The van der Waals surface area contributed by atoms with Crippen LogP contribution in [0.5, 0.6) is 0 Å². The maximum atomic E-state index is 16.3. The molecular formula is C64H32F4. The minimum atomic E-state index is -0.889. The zero-order valence-electron chi connectivity index (χ0n) is 36.0. The first-order valence-corrected chi connectivity index (χ1v) is 22.9. The van der Waals surface area contributed by atoms with Crippen molar-refractivity contribution in [3.8, 4) is 89.0 Å². The molecule has 0 unspecified atom stereocenters. The van der Waals surface area contributed by atoms with E-state index in [0.29, 0.717) is 11.1 Å². The number of halogens is 4. The minimum absolute atomic E-state index is 0.225. The number of rotatable bonds is 4. The molecule has 13 aromatic carbocycles. The lowest BCUT2D eigenvalue weighted by Gasteiger charge is -2.20. The Kier molecular flexibility index (Phi) is 7.46. The summed E-state index contributed by atoms with van der Waals surface area (Å²) in [7, 11) is 0. The Morgan fingerprint density at radius 3 is 0.853 bits per heavy atom. The van der Waals surface area contributed by atoms with Crippen LogP contribution in [-0.2, 0) is 0 Å². The van der Waals surface area contributed by atoms with Crippen molar-refractivity contribution in [1.82, 2.24) is 0 Å². The van der Waals surface area contributed by atoms with Crippen LogP contribution >= 0.6 is 0 Å². The summed E-state index contributed by atoms with van der Waals surface area (Å²) < 4.78 is 63.3. The van der Waals surface area contributed by atoms with Crippen molar-refractivity contribution >= 4 is 64.6 Å². The third kappa shape index (κ3) is 4.69. The Morgan fingerprint density at radius 2 is 0.500 bits per heavy atom.